The number of hydrogen-bond donors (Lipinski definition) is 3. The molecule has 0 aliphatic carbocycles. The summed E-state index contributed by atoms with van der Waals surface area (Å²) < 4.78 is 13.3. The molecule has 24 heavy (non-hydrogen) atoms. The van der Waals surface area contributed by atoms with Gasteiger partial charge in [-0.3, -0.25) is 14.4 Å². The van der Waals surface area contributed by atoms with E-state index in [0.717, 1.165) is 11.0 Å². The van der Waals surface area contributed by atoms with Crippen molar-refractivity contribution in [2.45, 2.75) is 18.6 Å². The molecule has 3 amide bonds. The minimum Gasteiger partial charge on any atom is -0.372 e. The molecule has 0 aromatic heterocycles. The average molecular weight is 358 g/mol. The van der Waals surface area contributed by atoms with Crippen LogP contribution >= 0.6 is 11.6 Å². The summed E-state index contributed by atoms with van der Waals surface area (Å²) in [6.07, 6.45) is -0.126. The lowest BCUT2D eigenvalue weighted by molar-refractivity contribution is -0.155. The maximum Gasteiger partial charge on any atom is 0.264 e. The zero-order chi connectivity index (χ0) is 17.9. The fraction of sp³-hybridized carbons (Fsp3) is 0.400. The Morgan fingerprint density at radius 1 is 1.42 bits per heavy atom. The molecule has 1 heterocycles. The molecule has 9 heteroatoms. The van der Waals surface area contributed by atoms with Gasteiger partial charge in [-0.1, -0.05) is 11.6 Å². The van der Waals surface area contributed by atoms with Crippen LogP contribution in [0.2, 0.25) is 5.02 Å². The Hall–Kier alpha value is -2.19. The molecular formula is C15H17ClFN3O4. The molecule has 1 saturated heterocycles. The molecule has 7 nitrogen and oxygen atoms in total. The number of nitrogens with one attached hydrogen (secondary N) is 2. The lowest BCUT2D eigenvalue weighted by Crippen LogP contribution is -2.53. The van der Waals surface area contributed by atoms with Crippen molar-refractivity contribution in [1.82, 2.24) is 15.5 Å². The van der Waals surface area contributed by atoms with Gasteiger partial charge in [0.25, 0.3) is 11.8 Å². The Morgan fingerprint density at radius 3 is 2.75 bits per heavy atom. The Balaban J connectivity index is 2.01. The first-order chi connectivity index (χ1) is 11.3. The van der Waals surface area contributed by atoms with Crippen molar-refractivity contribution in [3.63, 3.8) is 0 Å². The zero-order valence-corrected chi connectivity index (χ0v) is 13.7. The molecule has 0 radical (unpaired) electrons. The van der Waals surface area contributed by atoms with Crippen LogP contribution in [-0.4, -0.2) is 53.5 Å². The number of carbonyl (C=O) groups excluding carboxylic acids is 3. The fourth-order valence-electron chi connectivity index (χ4n) is 2.42. The van der Waals surface area contributed by atoms with Crippen LogP contribution < -0.4 is 10.6 Å². The van der Waals surface area contributed by atoms with Gasteiger partial charge in [0.15, 0.2) is 0 Å². The van der Waals surface area contributed by atoms with Crippen LogP contribution in [0.1, 0.15) is 12.0 Å². The molecule has 1 aliphatic heterocycles. The standard InChI is InChI=1S/C15H17ClFN3O4/c1-18-12(21)8-20-3-2-15(24,14(20)23)13(22)19-7-9-4-10(16)6-11(17)5-9/h4-6,24H,2-3,7-8H2,1H3,(H,18,21)(H,19,22). The van der Waals surface area contributed by atoms with Gasteiger partial charge in [0.05, 0.1) is 6.54 Å². The first-order valence-corrected chi connectivity index (χ1v) is 7.59. The van der Waals surface area contributed by atoms with E-state index in [2.05, 4.69) is 10.6 Å². The normalized spacial score (nSPS) is 20.2. The van der Waals surface area contributed by atoms with Crippen LogP contribution in [0.5, 0.6) is 0 Å². The summed E-state index contributed by atoms with van der Waals surface area (Å²) in [4.78, 5) is 36.8. The van der Waals surface area contributed by atoms with E-state index in [0.29, 0.717) is 5.56 Å². The third-order valence-electron chi connectivity index (χ3n) is 3.75. The number of nitrogens with zero attached hydrogens (tertiary/aromatic N) is 1. The van der Waals surface area contributed by atoms with E-state index in [-0.39, 0.29) is 31.1 Å². The number of hydrogen-bond acceptors (Lipinski definition) is 4. The SMILES string of the molecule is CNC(=O)CN1CCC(O)(C(=O)NCc2cc(F)cc(Cl)c2)C1=O. The zero-order valence-electron chi connectivity index (χ0n) is 12.9. The smallest absolute Gasteiger partial charge is 0.264 e. The van der Waals surface area contributed by atoms with E-state index >= 15 is 0 Å². The third kappa shape index (κ3) is 3.82. The minimum absolute atomic E-state index is 0.0853. The lowest BCUT2D eigenvalue weighted by atomic mass is 10.0. The van der Waals surface area contributed by atoms with Crippen LogP contribution in [0.25, 0.3) is 0 Å². The molecule has 1 aromatic rings. The monoisotopic (exact) mass is 357 g/mol. The van der Waals surface area contributed by atoms with Crippen molar-refractivity contribution >= 4 is 29.3 Å². The number of likely N-dealkylation sites (N-methyl/N-ethyl adjacent to an activating group) is 1. The molecule has 0 spiro atoms. The van der Waals surface area contributed by atoms with Crippen LogP contribution in [0.4, 0.5) is 4.39 Å². The van der Waals surface area contributed by atoms with Crippen molar-refractivity contribution in [2.75, 3.05) is 20.1 Å². The molecule has 130 valence electrons. The summed E-state index contributed by atoms with van der Waals surface area (Å²) in [5.41, 5.74) is -1.84. The highest BCUT2D eigenvalue weighted by atomic mass is 35.5. The second kappa shape index (κ2) is 7.14. The molecule has 0 saturated carbocycles. The highest BCUT2D eigenvalue weighted by Crippen LogP contribution is 2.23. The van der Waals surface area contributed by atoms with E-state index < -0.39 is 29.1 Å². The van der Waals surface area contributed by atoms with Gasteiger partial charge in [-0.05, 0) is 23.8 Å². The van der Waals surface area contributed by atoms with Gasteiger partial charge in [0, 0.05) is 31.6 Å². The second-order valence-corrected chi connectivity index (χ2v) is 5.91. The summed E-state index contributed by atoms with van der Waals surface area (Å²) in [7, 11) is 1.42. The van der Waals surface area contributed by atoms with Gasteiger partial charge in [0.1, 0.15) is 5.82 Å². The Kier molecular flexibility index (Phi) is 5.40. The number of carbonyl (C=O) groups is 3. The van der Waals surface area contributed by atoms with Gasteiger partial charge in [-0.25, -0.2) is 4.39 Å². The largest absolute Gasteiger partial charge is 0.372 e. The summed E-state index contributed by atoms with van der Waals surface area (Å²) in [5.74, 6) is -2.69. The van der Waals surface area contributed by atoms with Crippen molar-refractivity contribution in [3.8, 4) is 0 Å². The van der Waals surface area contributed by atoms with E-state index in [1.54, 1.807) is 0 Å². The number of likely N-dealkylation sites (tertiary alicyclic amines) is 1. The van der Waals surface area contributed by atoms with Crippen molar-refractivity contribution < 1.29 is 23.9 Å². The van der Waals surface area contributed by atoms with Crippen molar-refractivity contribution in [2.24, 2.45) is 0 Å². The molecule has 2 rings (SSSR count). The lowest BCUT2D eigenvalue weighted by Gasteiger charge is -2.21. The molecule has 1 aromatic carbocycles. The van der Waals surface area contributed by atoms with Crippen LogP contribution in [0, 0.1) is 5.82 Å². The Labute approximate surface area is 142 Å². The number of halogens is 2. The minimum atomic E-state index is -2.23. The number of rotatable bonds is 5. The molecule has 1 aliphatic rings. The second-order valence-electron chi connectivity index (χ2n) is 5.47. The number of aliphatic hydroxyl groups is 1. The summed E-state index contributed by atoms with van der Waals surface area (Å²) in [5, 5.41) is 15.3. The van der Waals surface area contributed by atoms with Crippen molar-refractivity contribution in [3.05, 3.63) is 34.6 Å². The molecule has 3 N–H and O–H groups in total. The summed E-state index contributed by atoms with van der Waals surface area (Å²) in [6.45, 7) is -0.242. The maximum atomic E-state index is 13.3. The van der Waals surface area contributed by atoms with E-state index in [4.69, 9.17) is 11.6 Å². The predicted molar refractivity (Wildman–Crippen MR) is 83.5 cm³/mol. The number of amides is 3. The van der Waals surface area contributed by atoms with Gasteiger partial charge in [-0.15, -0.1) is 0 Å². The Morgan fingerprint density at radius 2 is 2.12 bits per heavy atom. The van der Waals surface area contributed by atoms with E-state index in [1.165, 1.54) is 19.2 Å². The van der Waals surface area contributed by atoms with E-state index in [1.807, 2.05) is 0 Å². The fourth-order valence-corrected chi connectivity index (χ4v) is 2.67. The quantitative estimate of drug-likeness (QED) is 0.636. The van der Waals surface area contributed by atoms with Crippen molar-refractivity contribution in [1.29, 1.82) is 0 Å². The molecule has 0 bridgehead atoms. The summed E-state index contributed by atoms with van der Waals surface area (Å²) >= 11 is 5.72. The third-order valence-corrected chi connectivity index (χ3v) is 3.97. The topological polar surface area (TPSA) is 98.7 Å². The Bertz CT molecular complexity index is 664. The number of benzene rings is 1. The predicted octanol–water partition coefficient (Wildman–Crippen LogP) is -0.195. The highest BCUT2D eigenvalue weighted by molar-refractivity contribution is 6.30. The summed E-state index contributed by atoms with van der Waals surface area (Å²) in [6, 6.07) is 3.77. The van der Waals surface area contributed by atoms with Gasteiger partial charge >= 0.3 is 0 Å². The van der Waals surface area contributed by atoms with Gasteiger partial charge in [-0.2, -0.15) is 0 Å². The maximum absolute atomic E-state index is 13.3. The molecule has 1 atom stereocenters. The van der Waals surface area contributed by atoms with Crippen LogP contribution in [0.15, 0.2) is 18.2 Å². The molecule has 1 fully saturated rings. The van der Waals surface area contributed by atoms with Gasteiger partial charge < -0.3 is 20.6 Å². The average Bonchev–Trinajstić information content (AvgIpc) is 2.81. The first kappa shape index (κ1) is 18.2. The van der Waals surface area contributed by atoms with Gasteiger partial charge in [0.2, 0.25) is 11.5 Å². The van der Waals surface area contributed by atoms with Crippen LogP contribution in [0.3, 0.4) is 0 Å². The van der Waals surface area contributed by atoms with E-state index in [9.17, 15) is 23.9 Å². The first-order valence-electron chi connectivity index (χ1n) is 7.22. The molecule has 1 unspecified atom stereocenters. The highest BCUT2D eigenvalue weighted by Gasteiger charge is 2.51. The molecular weight excluding hydrogens is 341 g/mol. The van der Waals surface area contributed by atoms with Crippen LogP contribution in [-0.2, 0) is 20.9 Å².